The summed E-state index contributed by atoms with van der Waals surface area (Å²) in [5.74, 6) is 0. The highest BCUT2D eigenvalue weighted by Crippen LogP contribution is 2.61. The number of hydrogen-bond donors (Lipinski definition) is 0. The molecule has 0 radical (unpaired) electrons. The first kappa shape index (κ1) is 37.0. The lowest BCUT2D eigenvalue weighted by molar-refractivity contribution is 1.76. The fraction of sp³-hybridized carbons (Fsp3) is 1.00. The lowest BCUT2D eigenvalue weighted by Gasteiger charge is -2.78. The van der Waals surface area contributed by atoms with Gasteiger partial charge in [-0.25, -0.2) is 0 Å². The third-order valence-corrected chi connectivity index (χ3v) is 249. The summed E-state index contributed by atoms with van der Waals surface area (Å²) in [6, 6.07) is 0. The molecule has 0 saturated carbocycles. The minimum absolute atomic E-state index is 1.22. The van der Waals surface area contributed by atoms with Crippen molar-refractivity contribution < 1.29 is 0 Å². The summed E-state index contributed by atoms with van der Waals surface area (Å²) in [6.45, 7) is 62.6. The summed E-state index contributed by atoms with van der Waals surface area (Å²) in [4.78, 5) is 0. The van der Waals surface area contributed by atoms with E-state index in [9.17, 15) is 0 Å². The van der Waals surface area contributed by atoms with Gasteiger partial charge in [-0.2, -0.15) is 0 Å². The van der Waals surface area contributed by atoms with Gasteiger partial charge in [-0.3, -0.25) is 0 Å². The molecule has 0 heterocycles. The van der Waals surface area contributed by atoms with Crippen molar-refractivity contribution in [2.24, 2.45) is 0 Å². The van der Waals surface area contributed by atoms with Gasteiger partial charge in [0, 0.05) is 45.5 Å². The molecule has 0 bridgehead atoms. The molecule has 0 nitrogen and oxygen atoms in total. The standard InChI is InChI=1S/C22H66P2Si10/c1-25(2,3)33(26(4,5)6,27(7,8)9)23-31(19,20)32(21,22)24-34(28(10,11)12,29(13,14)15)30(16,17)18/h1-22H3/q-2. The van der Waals surface area contributed by atoms with Crippen molar-refractivity contribution in [1.29, 1.82) is 0 Å². The zero-order valence-corrected chi connectivity index (χ0v) is 39.7. The molecule has 0 amide bonds. The Kier molecular flexibility index (Phi) is 11.4. The van der Waals surface area contributed by atoms with Gasteiger partial charge in [0.05, 0.1) is 0 Å². The second-order valence-electron chi connectivity index (χ2n) is 18.3. The molecule has 12 heteroatoms. The van der Waals surface area contributed by atoms with E-state index in [4.69, 9.17) is 0 Å². The summed E-state index contributed by atoms with van der Waals surface area (Å²) < 4.78 is 0. The highest BCUT2D eigenvalue weighted by atomic mass is 31.7. The molecule has 0 spiro atoms. The van der Waals surface area contributed by atoms with E-state index in [1.165, 1.54) is 0 Å². The van der Waals surface area contributed by atoms with Gasteiger partial charge in [0.2, 0.25) is 0 Å². The number of hydrogen-bond acceptors (Lipinski definition) is 0. The summed E-state index contributed by atoms with van der Waals surface area (Å²) in [5.41, 5.74) is 0. The van der Waals surface area contributed by atoms with E-state index < -0.39 is 72.7 Å². The van der Waals surface area contributed by atoms with Gasteiger partial charge in [0.25, 0.3) is 0 Å². The second-order valence-corrected chi connectivity index (χ2v) is 138. The van der Waals surface area contributed by atoms with Crippen molar-refractivity contribution in [3.8, 4) is 0 Å². The fourth-order valence-electron chi connectivity index (χ4n) is 8.87. The van der Waals surface area contributed by atoms with Crippen LogP contribution in [0.2, 0.25) is 144 Å². The van der Waals surface area contributed by atoms with E-state index >= 15 is 0 Å². The van der Waals surface area contributed by atoms with Crippen LogP contribution in [0, 0.1) is 0 Å². The molecule has 0 aliphatic carbocycles. The van der Waals surface area contributed by atoms with Gasteiger partial charge in [-0.15, -0.1) is 27.1 Å². The van der Waals surface area contributed by atoms with Crippen LogP contribution in [0.3, 0.4) is 0 Å². The lowest BCUT2D eigenvalue weighted by Crippen LogP contribution is -2.83. The first-order valence-electron chi connectivity index (χ1n) is 13.6. The van der Waals surface area contributed by atoms with Crippen LogP contribution in [0.1, 0.15) is 0 Å². The monoisotopic (exact) mass is 672 g/mol. The number of rotatable bonds is 11. The van der Waals surface area contributed by atoms with Gasteiger partial charge >= 0.3 is 0 Å². The second kappa shape index (κ2) is 10.5. The third kappa shape index (κ3) is 6.66. The minimum atomic E-state index is -1.38. The van der Waals surface area contributed by atoms with Crippen molar-refractivity contribution in [3.63, 3.8) is 0 Å². The minimum Gasteiger partial charge on any atom is -0.551 e. The lowest BCUT2D eigenvalue weighted by atomic mass is 11.8. The van der Waals surface area contributed by atoms with E-state index in [1.807, 2.05) is 0 Å². The van der Waals surface area contributed by atoms with Crippen LogP contribution >= 0.6 is 15.4 Å². The van der Waals surface area contributed by atoms with Gasteiger partial charge in [0.1, 0.15) is 0 Å². The molecule has 0 aromatic rings. The molecular weight excluding hydrogens is 607 g/mol. The Morgan fingerprint density at radius 1 is 0.235 bits per heavy atom. The molecule has 0 unspecified atom stereocenters. The largest absolute Gasteiger partial charge is 0.551 e. The van der Waals surface area contributed by atoms with E-state index in [0.29, 0.717) is 0 Å². The first-order valence-corrected chi connectivity index (χ1v) is 56.8. The molecule has 0 rings (SSSR count). The maximum atomic E-state index is 2.94. The Morgan fingerprint density at radius 3 is 0.441 bits per heavy atom. The smallest absolute Gasteiger partial charge is 0.00519 e. The molecule has 0 fully saturated rings. The van der Waals surface area contributed by atoms with E-state index in [2.05, 4.69) is 159 Å². The van der Waals surface area contributed by atoms with Crippen molar-refractivity contribution in [2.75, 3.05) is 0 Å². The maximum Gasteiger partial charge on any atom is 0.00519 e. The molecule has 0 aromatic carbocycles. The van der Waals surface area contributed by atoms with Crippen LogP contribution in [0.25, 0.3) is 0 Å². The summed E-state index contributed by atoms with van der Waals surface area (Å²) in [5, 5.41) is 0. The summed E-state index contributed by atoms with van der Waals surface area (Å²) in [7, 11) is -5.76. The van der Waals surface area contributed by atoms with E-state index in [-0.39, 0.29) is 0 Å². The van der Waals surface area contributed by atoms with Crippen LogP contribution in [-0.2, 0) is 0 Å². The van der Waals surface area contributed by atoms with E-state index in [0.717, 1.165) is 0 Å². The Hall–Kier alpha value is 3.03. The van der Waals surface area contributed by atoms with Crippen LogP contribution in [0.5, 0.6) is 0 Å². The Labute approximate surface area is 230 Å². The predicted octanol–water partition coefficient (Wildman–Crippen LogP) is 10.8. The summed E-state index contributed by atoms with van der Waals surface area (Å²) in [6.07, 6.45) is -2.66. The molecule has 0 saturated heterocycles. The molecule has 0 aliphatic rings. The van der Waals surface area contributed by atoms with Gasteiger partial charge in [-0.1, -0.05) is 144 Å². The highest BCUT2D eigenvalue weighted by molar-refractivity contribution is 8.45. The molecule has 0 atom stereocenters. The van der Waals surface area contributed by atoms with Gasteiger partial charge in [0.15, 0.2) is 0 Å². The Balaban J connectivity index is 7.18. The fourth-order valence-corrected chi connectivity index (χ4v) is 389. The molecule has 206 valence electrons. The molecular formula is C22H66P2Si10-2. The van der Waals surface area contributed by atoms with Crippen molar-refractivity contribution >= 4 is 88.0 Å². The summed E-state index contributed by atoms with van der Waals surface area (Å²) >= 11 is 0. The molecule has 0 N–H and O–H groups in total. The van der Waals surface area contributed by atoms with E-state index in [1.54, 1.807) is 0 Å². The molecule has 0 aliphatic heterocycles. The SMILES string of the molecule is C[Si](C)(C)[Si]([P-][Si](C)(C)[Si](C)(C)[P-][Si]([Si](C)(C)C)([Si](C)(C)C)[Si](C)(C)C)([Si](C)(C)C)[Si](C)(C)C. The zero-order valence-electron chi connectivity index (χ0n) is 27.9. The van der Waals surface area contributed by atoms with Crippen molar-refractivity contribution in [3.05, 3.63) is 0 Å². The van der Waals surface area contributed by atoms with Gasteiger partial charge in [-0.05, 0) is 0 Å². The van der Waals surface area contributed by atoms with Crippen LogP contribution in [0.4, 0.5) is 0 Å². The normalized spacial score (nSPS) is 17.5. The van der Waals surface area contributed by atoms with Crippen LogP contribution in [-0.4, -0.2) is 72.7 Å². The quantitative estimate of drug-likeness (QED) is 0.151. The third-order valence-electron chi connectivity index (χ3n) is 8.90. The molecule has 0 aromatic heterocycles. The zero-order chi connectivity index (χ0) is 28.4. The topological polar surface area (TPSA) is 0 Å². The predicted molar refractivity (Wildman–Crippen MR) is 200 cm³/mol. The van der Waals surface area contributed by atoms with Crippen LogP contribution in [0.15, 0.2) is 0 Å². The average Bonchev–Trinajstić information content (AvgIpc) is 2.42. The Morgan fingerprint density at radius 2 is 0.353 bits per heavy atom. The maximum absolute atomic E-state index is 2.94. The first-order chi connectivity index (χ1) is 14.2. The average molecular weight is 674 g/mol. The van der Waals surface area contributed by atoms with Crippen molar-refractivity contribution in [2.45, 2.75) is 144 Å². The van der Waals surface area contributed by atoms with Gasteiger partial charge < -0.3 is 15.4 Å². The Bertz CT molecular complexity index is 575. The van der Waals surface area contributed by atoms with Crippen LogP contribution < -0.4 is 0 Å². The highest BCUT2D eigenvalue weighted by Gasteiger charge is 2.57. The van der Waals surface area contributed by atoms with Crippen molar-refractivity contribution in [1.82, 2.24) is 0 Å². The molecule has 34 heavy (non-hydrogen) atoms.